The fraction of sp³-hybridized carbons (Fsp3) is 0.429. The van der Waals surface area contributed by atoms with Crippen molar-refractivity contribution in [2.75, 3.05) is 13.2 Å². The number of para-hydroxylation sites is 2. The van der Waals surface area contributed by atoms with E-state index in [1.165, 1.54) is 0 Å². The van der Waals surface area contributed by atoms with Crippen molar-refractivity contribution in [3.05, 3.63) is 30.1 Å². The van der Waals surface area contributed by atoms with Gasteiger partial charge in [-0.3, -0.25) is 4.79 Å². The number of H-pyrrole nitrogens is 1. The van der Waals surface area contributed by atoms with Crippen molar-refractivity contribution >= 4 is 16.9 Å². The molecule has 1 unspecified atom stereocenters. The molecule has 0 radical (unpaired) electrons. The number of nitrogens with one attached hydrogen (secondary N) is 2. The number of aromatic amines is 1. The molecule has 5 nitrogen and oxygen atoms in total. The molecule has 1 atom stereocenters. The van der Waals surface area contributed by atoms with Gasteiger partial charge in [-0.2, -0.15) is 0 Å². The van der Waals surface area contributed by atoms with Crippen molar-refractivity contribution in [3.8, 4) is 0 Å². The van der Waals surface area contributed by atoms with Gasteiger partial charge in [-0.1, -0.05) is 12.1 Å². The first-order chi connectivity index (χ1) is 9.33. The predicted molar refractivity (Wildman–Crippen MR) is 71.5 cm³/mol. The van der Waals surface area contributed by atoms with Crippen LogP contribution < -0.4 is 5.32 Å². The monoisotopic (exact) mass is 259 g/mol. The molecule has 1 saturated heterocycles. The van der Waals surface area contributed by atoms with E-state index in [9.17, 15) is 4.79 Å². The number of nitrogens with zero attached hydrogens (tertiary/aromatic N) is 1. The molecule has 1 aromatic heterocycles. The van der Waals surface area contributed by atoms with Crippen molar-refractivity contribution in [1.29, 1.82) is 0 Å². The highest BCUT2D eigenvalue weighted by atomic mass is 16.5. The smallest absolute Gasteiger partial charge is 0.225 e. The second kappa shape index (κ2) is 5.40. The Labute approximate surface area is 111 Å². The Bertz CT molecular complexity index is 540. The van der Waals surface area contributed by atoms with E-state index in [4.69, 9.17) is 4.74 Å². The zero-order valence-corrected chi connectivity index (χ0v) is 10.7. The highest BCUT2D eigenvalue weighted by Crippen LogP contribution is 2.14. The standard InChI is InChI=1S/C14H17N3O2/c18-14(10-4-3-7-19-9-10)15-8-13-16-11-5-1-2-6-12(11)17-13/h1-2,5-6,10H,3-4,7-9H2,(H,15,18)(H,16,17). The van der Waals surface area contributed by atoms with E-state index < -0.39 is 0 Å². The average molecular weight is 259 g/mol. The van der Waals surface area contributed by atoms with Gasteiger partial charge in [0, 0.05) is 6.61 Å². The van der Waals surface area contributed by atoms with Crippen LogP contribution >= 0.6 is 0 Å². The van der Waals surface area contributed by atoms with Crippen molar-refractivity contribution < 1.29 is 9.53 Å². The zero-order valence-electron chi connectivity index (χ0n) is 10.7. The van der Waals surface area contributed by atoms with Crippen LogP contribution in [-0.2, 0) is 16.1 Å². The van der Waals surface area contributed by atoms with E-state index in [0.717, 1.165) is 36.3 Å². The first-order valence-electron chi connectivity index (χ1n) is 6.62. The molecule has 0 bridgehead atoms. The Morgan fingerprint density at radius 3 is 3.16 bits per heavy atom. The lowest BCUT2D eigenvalue weighted by molar-refractivity contribution is -0.129. The predicted octanol–water partition coefficient (Wildman–Crippen LogP) is 1.61. The van der Waals surface area contributed by atoms with Gasteiger partial charge >= 0.3 is 0 Å². The molecule has 2 heterocycles. The third-order valence-corrected chi connectivity index (χ3v) is 3.40. The van der Waals surface area contributed by atoms with Crippen LogP contribution in [0.3, 0.4) is 0 Å². The van der Waals surface area contributed by atoms with E-state index in [1.54, 1.807) is 0 Å². The number of carbonyl (C=O) groups excluding carboxylic acids is 1. The highest BCUT2D eigenvalue weighted by molar-refractivity contribution is 5.79. The molecule has 3 rings (SSSR count). The van der Waals surface area contributed by atoms with Crippen LogP contribution in [-0.4, -0.2) is 29.1 Å². The summed E-state index contributed by atoms with van der Waals surface area (Å²) in [5.41, 5.74) is 1.92. The Morgan fingerprint density at radius 1 is 1.47 bits per heavy atom. The number of fused-ring (bicyclic) bond motifs is 1. The van der Waals surface area contributed by atoms with Gasteiger partial charge < -0.3 is 15.0 Å². The third-order valence-electron chi connectivity index (χ3n) is 3.40. The molecule has 0 spiro atoms. The van der Waals surface area contributed by atoms with Crippen molar-refractivity contribution in [2.45, 2.75) is 19.4 Å². The third kappa shape index (κ3) is 2.76. The minimum atomic E-state index is -0.0156. The van der Waals surface area contributed by atoms with E-state index in [-0.39, 0.29) is 11.8 Å². The lowest BCUT2D eigenvalue weighted by Crippen LogP contribution is -2.35. The van der Waals surface area contributed by atoms with Gasteiger partial charge in [0.05, 0.1) is 30.1 Å². The Kier molecular flexibility index (Phi) is 3.46. The fourth-order valence-corrected chi connectivity index (χ4v) is 2.35. The maximum Gasteiger partial charge on any atom is 0.225 e. The van der Waals surface area contributed by atoms with Gasteiger partial charge in [0.1, 0.15) is 5.82 Å². The summed E-state index contributed by atoms with van der Waals surface area (Å²) in [7, 11) is 0. The summed E-state index contributed by atoms with van der Waals surface area (Å²) in [4.78, 5) is 19.6. The minimum absolute atomic E-state index is 0.0156. The maximum atomic E-state index is 12.0. The summed E-state index contributed by atoms with van der Waals surface area (Å²) in [5.74, 6) is 0.824. The topological polar surface area (TPSA) is 67.0 Å². The lowest BCUT2D eigenvalue weighted by Gasteiger charge is -2.20. The normalized spacial score (nSPS) is 19.5. The molecule has 0 aliphatic carbocycles. The maximum absolute atomic E-state index is 12.0. The number of carbonyl (C=O) groups is 1. The Hall–Kier alpha value is -1.88. The van der Waals surface area contributed by atoms with E-state index >= 15 is 0 Å². The Morgan fingerprint density at radius 2 is 2.37 bits per heavy atom. The number of hydrogen-bond acceptors (Lipinski definition) is 3. The second-order valence-electron chi connectivity index (χ2n) is 4.83. The minimum Gasteiger partial charge on any atom is -0.381 e. The molecule has 2 N–H and O–H groups in total. The summed E-state index contributed by atoms with van der Waals surface area (Å²) in [5, 5.41) is 2.92. The summed E-state index contributed by atoms with van der Waals surface area (Å²) in [6.45, 7) is 1.74. The molecule has 19 heavy (non-hydrogen) atoms. The molecular formula is C14H17N3O2. The largest absolute Gasteiger partial charge is 0.381 e. The first kappa shape index (κ1) is 12.2. The second-order valence-corrected chi connectivity index (χ2v) is 4.83. The number of ether oxygens (including phenoxy) is 1. The molecule has 100 valence electrons. The van der Waals surface area contributed by atoms with Crippen LogP contribution in [0, 0.1) is 5.92 Å². The van der Waals surface area contributed by atoms with Crippen LogP contribution in [0.25, 0.3) is 11.0 Å². The van der Waals surface area contributed by atoms with Gasteiger partial charge in [0.15, 0.2) is 0 Å². The summed E-state index contributed by atoms with van der Waals surface area (Å²) in [6.07, 6.45) is 1.87. The first-order valence-corrected chi connectivity index (χ1v) is 6.62. The quantitative estimate of drug-likeness (QED) is 0.880. The number of benzene rings is 1. The molecule has 1 amide bonds. The molecule has 1 fully saturated rings. The van der Waals surface area contributed by atoms with Crippen molar-refractivity contribution in [2.24, 2.45) is 5.92 Å². The van der Waals surface area contributed by atoms with Crippen molar-refractivity contribution in [3.63, 3.8) is 0 Å². The van der Waals surface area contributed by atoms with Crippen molar-refractivity contribution in [1.82, 2.24) is 15.3 Å². The fourth-order valence-electron chi connectivity index (χ4n) is 2.35. The van der Waals surface area contributed by atoms with E-state index in [1.807, 2.05) is 24.3 Å². The van der Waals surface area contributed by atoms with Gasteiger partial charge in [0.25, 0.3) is 0 Å². The molecule has 1 aromatic carbocycles. The number of hydrogen-bond donors (Lipinski definition) is 2. The van der Waals surface area contributed by atoms with Crippen LogP contribution in [0.5, 0.6) is 0 Å². The average Bonchev–Trinajstić information content (AvgIpc) is 2.88. The summed E-state index contributed by atoms with van der Waals surface area (Å²) < 4.78 is 5.32. The summed E-state index contributed by atoms with van der Waals surface area (Å²) >= 11 is 0. The summed E-state index contributed by atoms with van der Waals surface area (Å²) in [6, 6.07) is 7.84. The Balaban J connectivity index is 1.60. The number of amides is 1. The van der Waals surface area contributed by atoms with Crippen LogP contribution in [0.4, 0.5) is 0 Å². The van der Waals surface area contributed by atoms with Crippen LogP contribution in [0.1, 0.15) is 18.7 Å². The molecule has 1 aliphatic rings. The molecule has 0 saturated carbocycles. The number of aromatic nitrogens is 2. The zero-order chi connectivity index (χ0) is 13.1. The van der Waals surface area contributed by atoms with Gasteiger partial charge in [-0.15, -0.1) is 0 Å². The lowest BCUT2D eigenvalue weighted by atomic mass is 10.0. The molecule has 1 aliphatic heterocycles. The molecular weight excluding hydrogens is 242 g/mol. The van der Waals surface area contributed by atoms with Gasteiger partial charge in [-0.05, 0) is 25.0 Å². The molecule has 2 aromatic rings. The van der Waals surface area contributed by atoms with Crippen LogP contribution in [0.15, 0.2) is 24.3 Å². The van der Waals surface area contributed by atoms with E-state index in [0.29, 0.717) is 13.2 Å². The molecule has 5 heteroatoms. The van der Waals surface area contributed by atoms with Crippen LogP contribution in [0.2, 0.25) is 0 Å². The van der Waals surface area contributed by atoms with Gasteiger partial charge in [0.2, 0.25) is 5.91 Å². The van der Waals surface area contributed by atoms with E-state index in [2.05, 4.69) is 15.3 Å². The highest BCUT2D eigenvalue weighted by Gasteiger charge is 2.21. The number of imidazole rings is 1. The van der Waals surface area contributed by atoms with Gasteiger partial charge in [-0.25, -0.2) is 4.98 Å². The SMILES string of the molecule is O=C(NCc1nc2ccccc2[nH]1)C1CCCOC1. The number of rotatable bonds is 3.